The third-order valence-electron chi connectivity index (χ3n) is 3.35. The van der Waals surface area contributed by atoms with E-state index in [-0.39, 0.29) is 12.0 Å². The van der Waals surface area contributed by atoms with Gasteiger partial charge in [-0.2, -0.15) is 0 Å². The topological polar surface area (TPSA) is 38.7 Å². The van der Waals surface area contributed by atoms with E-state index >= 15 is 0 Å². The summed E-state index contributed by atoms with van der Waals surface area (Å²) in [4.78, 5) is 0. The van der Waals surface area contributed by atoms with Crippen molar-refractivity contribution in [3.63, 3.8) is 0 Å². The Morgan fingerprint density at radius 3 is 2.61 bits per heavy atom. The summed E-state index contributed by atoms with van der Waals surface area (Å²) in [6, 6.07) is 2.01. The van der Waals surface area contributed by atoms with Gasteiger partial charge in [0.2, 0.25) is 0 Å². The van der Waals surface area contributed by atoms with Crippen molar-refractivity contribution >= 4 is 15.9 Å². The average molecular weight is 315 g/mol. The Morgan fingerprint density at radius 1 is 1.33 bits per heavy atom. The molecular weight excluding hydrogens is 296 g/mol. The SMILES string of the molecule is CCc1c(C(C)(C)CO)cc2c(c1Br)OCCO2. The van der Waals surface area contributed by atoms with Crippen molar-refractivity contribution < 1.29 is 14.6 Å². The Balaban J connectivity index is 2.63. The summed E-state index contributed by atoms with van der Waals surface area (Å²) in [7, 11) is 0. The summed E-state index contributed by atoms with van der Waals surface area (Å²) in [5.41, 5.74) is 2.01. The van der Waals surface area contributed by atoms with Gasteiger partial charge in [0, 0.05) is 5.41 Å². The Labute approximate surface area is 116 Å². The van der Waals surface area contributed by atoms with Crippen molar-refractivity contribution in [2.24, 2.45) is 0 Å². The molecule has 100 valence electrons. The van der Waals surface area contributed by atoms with E-state index in [1.54, 1.807) is 0 Å². The van der Waals surface area contributed by atoms with E-state index in [2.05, 4.69) is 22.9 Å². The van der Waals surface area contributed by atoms with Crippen LogP contribution in [0.1, 0.15) is 31.9 Å². The smallest absolute Gasteiger partial charge is 0.175 e. The van der Waals surface area contributed by atoms with Crippen LogP contribution in [0, 0.1) is 0 Å². The van der Waals surface area contributed by atoms with Crippen molar-refractivity contribution in [3.05, 3.63) is 21.7 Å². The van der Waals surface area contributed by atoms with Crippen molar-refractivity contribution in [1.29, 1.82) is 0 Å². The fraction of sp³-hybridized carbons (Fsp3) is 0.571. The highest BCUT2D eigenvalue weighted by atomic mass is 79.9. The minimum atomic E-state index is -0.288. The third kappa shape index (κ3) is 2.24. The third-order valence-corrected chi connectivity index (χ3v) is 4.19. The predicted octanol–water partition coefficient (Wildman–Crippen LogP) is 3.05. The highest BCUT2D eigenvalue weighted by molar-refractivity contribution is 9.10. The van der Waals surface area contributed by atoms with Crippen LogP contribution in [0.3, 0.4) is 0 Å². The molecule has 0 saturated carbocycles. The van der Waals surface area contributed by atoms with Crippen LogP contribution >= 0.6 is 15.9 Å². The maximum Gasteiger partial charge on any atom is 0.175 e. The lowest BCUT2D eigenvalue weighted by Gasteiger charge is -2.29. The molecule has 0 radical (unpaired) electrons. The van der Waals surface area contributed by atoms with Gasteiger partial charge in [0.05, 0.1) is 11.1 Å². The summed E-state index contributed by atoms with van der Waals surface area (Å²) in [5, 5.41) is 9.58. The summed E-state index contributed by atoms with van der Waals surface area (Å²) in [6.07, 6.45) is 0.885. The Bertz CT molecular complexity index is 455. The molecule has 1 aliphatic heterocycles. The highest BCUT2D eigenvalue weighted by Crippen LogP contribution is 2.44. The molecule has 1 heterocycles. The number of rotatable bonds is 3. The first-order valence-electron chi connectivity index (χ1n) is 6.23. The molecule has 2 rings (SSSR count). The largest absolute Gasteiger partial charge is 0.486 e. The van der Waals surface area contributed by atoms with E-state index in [1.165, 1.54) is 5.56 Å². The number of ether oxygens (including phenoxy) is 2. The van der Waals surface area contributed by atoms with Crippen LogP contribution in [0.5, 0.6) is 11.5 Å². The number of halogens is 1. The zero-order valence-electron chi connectivity index (χ0n) is 11.0. The molecule has 0 spiro atoms. The van der Waals surface area contributed by atoms with Gasteiger partial charge in [0.25, 0.3) is 0 Å². The number of hydrogen-bond donors (Lipinski definition) is 1. The minimum absolute atomic E-state index is 0.103. The fourth-order valence-electron chi connectivity index (χ4n) is 2.22. The van der Waals surface area contributed by atoms with Gasteiger partial charge in [-0.15, -0.1) is 0 Å². The quantitative estimate of drug-likeness (QED) is 0.932. The zero-order valence-corrected chi connectivity index (χ0v) is 12.6. The molecule has 0 atom stereocenters. The van der Waals surface area contributed by atoms with Gasteiger partial charge >= 0.3 is 0 Å². The van der Waals surface area contributed by atoms with Crippen LogP contribution in [0.4, 0.5) is 0 Å². The monoisotopic (exact) mass is 314 g/mol. The van der Waals surface area contributed by atoms with Crippen LogP contribution in [-0.4, -0.2) is 24.9 Å². The molecule has 0 aromatic heterocycles. The van der Waals surface area contributed by atoms with Crippen LogP contribution in [-0.2, 0) is 11.8 Å². The van der Waals surface area contributed by atoms with Crippen LogP contribution in [0.15, 0.2) is 10.5 Å². The van der Waals surface area contributed by atoms with E-state index in [0.29, 0.717) is 13.2 Å². The molecule has 3 nitrogen and oxygen atoms in total. The van der Waals surface area contributed by atoms with Crippen molar-refractivity contribution in [3.8, 4) is 11.5 Å². The molecule has 0 amide bonds. The molecule has 1 aromatic rings. The zero-order chi connectivity index (χ0) is 13.3. The maximum atomic E-state index is 9.58. The lowest BCUT2D eigenvalue weighted by atomic mass is 9.81. The molecule has 18 heavy (non-hydrogen) atoms. The molecule has 1 aliphatic rings. The van der Waals surface area contributed by atoms with E-state index < -0.39 is 0 Å². The Morgan fingerprint density at radius 2 is 2.00 bits per heavy atom. The van der Waals surface area contributed by atoms with Gasteiger partial charge < -0.3 is 14.6 Å². The maximum absolute atomic E-state index is 9.58. The number of hydrogen-bond acceptors (Lipinski definition) is 3. The number of aliphatic hydroxyl groups is 1. The number of fused-ring (bicyclic) bond motifs is 1. The summed E-state index contributed by atoms with van der Waals surface area (Å²) >= 11 is 3.61. The first-order chi connectivity index (χ1) is 8.51. The molecule has 0 saturated heterocycles. The number of aliphatic hydroxyl groups excluding tert-OH is 1. The molecular formula is C14H19BrO3. The van der Waals surface area contributed by atoms with Gasteiger partial charge in [-0.1, -0.05) is 20.8 Å². The summed E-state index contributed by atoms with van der Waals surface area (Å²) in [5.74, 6) is 1.55. The molecule has 0 fully saturated rings. The van der Waals surface area contributed by atoms with Gasteiger partial charge in [-0.3, -0.25) is 0 Å². The average Bonchev–Trinajstić information content (AvgIpc) is 2.38. The second-order valence-electron chi connectivity index (χ2n) is 5.14. The van der Waals surface area contributed by atoms with Gasteiger partial charge in [-0.05, 0) is 39.5 Å². The molecule has 0 bridgehead atoms. The number of benzene rings is 1. The summed E-state index contributed by atoms with van der Waals surface area (Å²) < 4.78 is 12.3. The first-order valence-corrected chi connectivity index (χ1v) is 7.03. The fourth-order valence-corrected chi connectivity index (χ4v) is 3.02. The standard InChI is InChI=1S/C14H19BrO3/c1-4-9-10(14(2,3)8-16)7-11-13(12(9)15)18-6-5-17-11/h7,16H,4-6,8H2,1-3H3. The second kappa shape index (κ2) is 5.10. The van der Waals surface area contributed by atoms with Gasteiger partial charge in [0.1, 0.15) is 13.2 Å². The van der Waals surface area contributed by atoms with Gasteiger partial charge in [-0.25, -0.2) is 0 Å². The van der Waals surface area contributed by atoms with E-state index in [0.717, 1.165) is 28.0 Å². The van der Waals surface area contributed by atoms with Crippen molar-refractivity contribution in [2.45, 2.75) is 32.6 Å². The Hall–Kier alpha value is -0.740. The lowest BCUT2D eigenvalue weighted by molar-refractivity contribution is 0.168. The molecule has 1 N–H and O–H groups in total. The first kappa shape index (κ1) is 13.7. The highest BCUT2D eigenvalue weighted by Gasteiger charge is 2.28. The molecule has 0 aliphatic carbocycles. The second-order valence-corrected chi connectivity index (χ2v) is 5.93. The van der Waals surface area contributed by atoms with Crippen molar-refractivity contribution in [1.82, 2.24) is 0 Å². The predicted molar refractivity (Wildman–Crippen MR) is 74.6 cm³/mol. The Kier molecular flexibility index (Phi) is 3.87. The van der Waals surface area contributed by atoms with E-state index in [9.17, 15) is 5.11 Å². The summed E-state index contributed by atoms with van der Waals surface area (Å²) in [6.45, 7) is 7.43. The van der Waals surface area contributed by atoms with Crippen molar-refractivity contribution in [2.75, 3.05) is 19.8 Å². The molecule has 1 aromatic carbocycles. The van der Waals surface area contributed by atoms with Gasteiger partial charge in [0.15, 0.2) is 11.5 Å². The van der Waals surface area contributed by atoms with Crippen LogP contribution in [0.25, 0.3) is 0 Å². The molecule has 0 unspecified atom stereocenters. The van der Waals surface area contributed by atoms with Crippen LogP contribution < -0.4 is 9.47 Å². The minimum Gasteiger partial charge on any atom is -0.486 e. The van der Waals surface area contributed by atoms with E-state index in [1.807, 2.05) is 19.9 Å². The van der Waals surface area contributed by atoms with Crippen LogP contribution in [0.2, 0.25) is 0 Å². The molecule has 4 heteroatoms. The van der Waals surface area contributed by atoms with E-state index in [4.69, 9.17) is 9.47 Å². The normalized spacial score (nSPS) is 14.7. The lowest BCUT2D eigenvalue weighted by Crippen LogP contribution is -2.25.